The van der Waals surface area contributed by atoms with E-state index < -0.39 is 5.54 Å². The van der Waals surface area contributed by atoms with Crippen LogP contribution in [0.1, 0.15) is 31.4 Å². The Bertz CT molecular complexity index is 624. The van der Waals surface area contributed by atoms with Gasteiger partial charge in [-0.3, -0.25) is 0 Å². The van der Waals surface area contributed by atoms with E-state index in [2.05, 4.69) is 24.9 Å². The molecule has 1 unspecified atom stereocenters. The van der Waals surface area contributed by atoms with Crippen LogP contribution in [0.15, 0.2) is 23.2 Å². The summed E-state index contributed by atoms with van der Waals surface area (Å²) in [5.41, 5.74) is 7.89. The van der Waals surface area contributed by atoms with E-state index >= 15 is 0 Å². The highest BCUT2D eigenvalue weighted by atomic mass is 16.5. The minimum Gasteiger partial charge on any atom is -0.497 e. The third-order valence-electron chi connectivity index (χ3n) is 4.40. The maximum Gasteiger partial charge on any atom is 0.346 e. The first-order chi connectivity index (χ1) is 9.99. The number of ether oxygens (including phenoxy) is 1. The van der Waals surface area contributed by atoms with Gasteiger partial charge in [0.05, 0.1) is 7.11 Å². The number of hydrogen-bond acceptors (Lipinski definition) is 3. The number of aryl methyl sites for hydroxylation is 1. The molecule has 2 amide bonds. The average Bonchev–Trinajstić information content (AvgIpc) is 2.93. The van der Waals surface area contributed by atoms with Crippen molar-refractivity contribution < 1.29 is 9.53 Å². The van der Waals surface area contributed by atoms with Gasteiger partial charge < -0.3 is 15.4 Å². The lowest BCUT2D eigenvalue weighted by Gasteiger charge is -2.36. The zero-order valence-corrected chi connectivity index (χ0v) is 12.7. The van der Waals surface area contributed by atoms with Crippen LogP contribution in [0, 0.1) is 5.92 Å². The van der Waals surface area contributed by atoms with Gasteiger partial charge in [0, 0.05) is 6.54 Å². The topological polar surface area (TPSA) is 67.9 Å². The summed E-state index contributed by atoms with van der Waals surface area (Å²) in [6.07, 6.45) is 1.70. The van der Waals surface area contributed by atoms with Gasteiger partial charge in [-0.1, -0.05) is 19.9 Å². The van der Waals surface area contributed by atoms with Gasteiger partial charge in [-0.2, -0.15) is 4.99 Å². The summed E-state index contributed by atoms with van der Waals surface area (Å²) < 4.78 is 5.34. The maximum atomic E-state index is 12.3. The molecule has 5 nitrogen and oxygen atoms in total. The molecule has 1 aromatic rings. The van der Waals surface area contributed by atoms with Gasteiger partial charge in [-0.15, -0.1) is 0 Å². The van der Waals surface area contributed by atoms with E-state index in [4.69, 9.17) is 10.5 Å². The van der Waals surface area contributed by atoms with E-state index in [0.29, 0.717) is 18.3 Å². The van der Waals surface area contributed by atoms with Crippen molar-refractivity contribution in [2.24, 2.45) is 16.6 Å². The van der Waals surface area contributed by atoms with Crippen LogP contribution in [0.4, 0.5) is 4.79 Å². The van der Waals surface area contributed by atoms with E-state index in [9.17, 15) is 4.79 Å². The second-order valence-electron chi connectivity index (χ2n) is 6.17. The monoisotopic (exact) mass is 287 g/mol. The van der Waals surface area contributed by atoms with Gasteiger partial charge in [0.2, 0.25) is 0 Å². The van der Waals surface area contributed by atoms with E-state index in [0.717, 1.165) is 24.2 Å². The van der Waals surface area contributed by atoms with E-state index in [1.807, 2.05) is 17.0 Å². The van der Waals surface area contributed by atoms with Crippen molar-refractivity contribution in [3.63, 3.8) is 0 Å². The van der Waals surface area contributed by atoms with Crippen LogP contribution in [0.3, 0.4) is 0 Å². The highest BCUT2D eigenvalue weighted by molar-refractivity contribution is 6.07. The summed E-state index contributed by atoms with van der Waals surface area (Å²) in [4.78, 5) is 18.2. The minimum atomic E-state index is -0.578. The van der Waals surface area contributed by atoms with Gasteiger partial charge in [-0.25, -0.2) is 4.79 Å². The largest absolute Gasteiger partial charge is 0.497 e. The maximum absolute atomic E-state index is 12.3. The minimum absolute atomic E-state index is 0.225. The molecule has 0 saturated heterocycles. The van der Waals surface area contributed by atoms with Gasteiger partial charge in [-0.05, 0) is 42.0 Å². The average molecular weight is 287 g/mol. The molecule has 0 radical (unpaired) electrons. The molecule has 1 aliphatic heterocycles. The molecular weight excluding hydrogens is 266 g/mol. The van der Waals surface area contributed by atoms with Crippen LogP contribution >= 0.6 is 0 Å². The number of methoxy groups -OCH3 is 1. The highest BCUT2D eigenvalue weighted by Gasteiger charge is 2.53. The molecule has 0 bridgehead atoms. The van der Waals surface area contributed by atoms with Gasteiger partial charge in [0.25, 0.3) is 0 Å². The van der Waals surface area contributed by atoms with Gasteiger partial charge >= 0.3 is 6.03 Å². The smallest absolute Gasteiger partial charge is 0.346 e. The quantitative estimate of drug-likeness (QED) is 0.927. The molecule has 1 aromatic carbocycles. The summed E-state index contributed by atoms with van der Waals surface area (Å²) >= 11 is 0. The first-order valence-corrected chi connectivity index (χ1v) is 7.32. The van der Waals surface area contributed by atoms with Crippen LogP contribution in [0.2, 0.25) is 0 Å². The molecule has 21 heavy (non-hydrogen) atoms. The van der Waals surface area contributed by atoms with Crippen molar-refractivity contribution in [3.8, 4) is 5.75 Å². The summed E-state index contributed by atoms with van der Waals surface area (Å²) in [7, 11) is 1.65. The molecule has 5 heteroatoms. The van der Waals surface area contributed by atoms with Gasteiger partial charge in [0.1, 0.15) is 17.1 Å². The number of urea groups is 1. The zero-order valence-electron chi connectivity index (χ0n) is 12.7. The molecule has 0 fully saturated rings. The van der Waals surface area contributed by atoms with E-state index in [1.165, 1.54) is 5.56 Å². The molecule has 112 valence electrons. The number of amides is 2. The number of nitrogens with two attached hydrogens (primary N) is 1. The molecule has 2 N–H and O–H groups in total. The molecule has 1 spiro atoms. The Morgan fingerprint density at radius 3 is 2.90 bits per heavy atom. The third kappa shape index (κ3) is 1.91. The molecule has 1 heterocycles. The Balaban J connectivity index is 2.13. The number of benzene rings is 1. The van der Waals surface area contributed by atoms with Gasteiger partial charge in [0.15, 0.2) is 0 Å². The number of carbonyl (C=O) groups is 1. The molecule has 1 aliphatic carbocycles. The number of rotatable bonds is 3. The van der Waals surface area contributed by atoms with E-state index in [1.54, 1.807) is 7.11 Å². The van der Waals surface area contributed by atoms with Crippen molar-refractivity contribution in [1.29, 1.82) is 0 Å². The molecule has 3 rings (SSSR count). The van der Waals surface area contributed by atoms with Crippen molar-refractivity contribution in [1.82, 2.24) is 4.90 Å². The summed E-state index contributed by atoms with van der Waals surface area (Å²) in [6, 6.07) is 5.79. The van der Waals surface area contributed by atoms with Crippen LogP contribution in [0.5, 0.6) is 5.75 Å². The van der Waals surface area contributed by atoms with Crippen molar-refractivity contribution in [2.75, 3.05) is 13.7 Å². The third-order valence-corrected chi connectivity index (χ3v) is 4.40. The lowest BCUT2D eigenvalue weighted by Crippen LogP contribution is -2.51. The SMILES string of the molecule is COc1ccc2c(c1)C1(CC2)C(N)=NC(=O)N1CC(C)C. The Labute approximate surface area is 124 Å². The summed E-state index contributed by atoms with van der Waals surface area (Å²) in [5.74, 6) is 1.56. The van der Waals surface area contributed by atoms with Crippen LogP contribution in [-0.4, -0.2) is 30.4 Å². The number of fused-ring (bicyclic) bond motifs is 2. The van der Waals surface area contributed by atoms with Crippen LogP contribution in [0.25, 0.3) is 0 Å². The normalized spacial score (nSPS) is 23.9. The lowest BCUT2D eigenvalue weighted by atomic mass is 9.88. The second-order valence-corrected chi connectivity index (χ2v) is 6.17. The lowest BCUT2D eigenvalue weighted by molar-refractivity contribution is 0.159. The molecule has 2 aliphatic rings. The van der Waals surface area contributed by atoms with E-state index in [-0.39, 0.29) is 6.03 Å². The summed E-state index contributed by atoms with van der Waals surface area (Å²) in [6.45, 7) is 4.84. The van der Waals surface area contributed by atoms with Crippen LogP contribution in [-0.2, 0) is 12.0 Å². The number of nitrogens with zero attached hydrogens (tertiary/aromatic N) is 2. The Morgan fingerprint density at radius 2 is 2.24 bits per heavy atom. The number of aliphatic imine (C=N–C) groups is 1. The van der Waals surface area contributed by atoms with Crippen LogP contribution < -0.4 is 10.5 Å². The molecular formula is C16H21N3O2. The highest BCUT2D eigenvalue weighted by Crippen LogP contribution is 2.46. The van der Waals surface area contributed by atoms with Crippen molar-refractivity contribution >= 4 is 11.9 Å². The predicted molar refractivity (Wildman–Crippen MR) is 81.6 cm³/mol. The number of hydrogen-bond donors (Lipinski definition) is 1. The molecule has 0 saturated carbocycles. The fraction of sp³-hybridized carbons (Fsp3) is 0.500. The number of carbonyl (C=O) groups excluding carboxylic acids is 1. The molecule has 0 aromatic heterocycles. The standard InChI is InChI=1S/C16H21N3O2/c1-10(2)9-19-15(20)18-14(17)16(19)7-6-11-4-5-12(21-3)8-13(11)16/h4-5,8,10H,6-7,9H2,1-3H3,(H2,17,18,20). The Hall–Kier alpha value is -2.04. The first kappa shape index (κ1) is 13.9. The fourth-order valence-corrected chi connectivity index (χ4v) is 3.44. The fourth-order valence-electron chi connectivity index (χ4n) is 3.44. The number of amidine groups is 1. The zero-order chi connectivity index (χ0) is 15.2. The first-order valence-electron chi connectivity index (χ1n) is 7.32. The van der Waals surface area contributed by atoms with Crippen molar-refractivity contribution in [3.05, 3.63) is 29.3 Å². The molecule has 1 atom stereocenters. The Kier molecular flexibility index (Phi) is 3.15. The predicted octanol–water partition coefficient (Wildman–Crippen LogP) is 2.29. The Morgan fingerprint density at radius 1 is 1.48 bits per heavy atom. The second kappa shape index (κ2) is 4.76. The summed E-state index contributed by atoms with van der Waals surface area (Å²) in [5, 5.41) is 0. The van der Waals surface area contributed by atoms with Crippen molar-refractivity contribution in [2.45, 2.75) is 32.2 Å².